The van der Waals surface area contributed by atoms with Crippen molar-refractivity contribution in [3.63, 3.8) is 0 Å². The number of hydrogen-bond acceptors (Lipinski definition) is 3. The van der Waals surface area contributed by atoms with E-state index in [-0.39, 0.29) is 6.61 Å². The molecule has 0 heterocycles. The van der Waals surface area contributed by atoms with Gasteiger partial charge in [0.2, 0.25) is 0 Å². The average Bonchev–Trinajstić information content (AvgIpc) is 2.49. The molecule has 3 nitrogen and oxygen atoms in total. The van der Waals surface area contributed by atoms with Crippen LogP contribution in [0.15, 0.2) is 42.5 Å². The van der Waals surface area contributed by atoms with Crippen LogP contribution in [0.1, 0.15) is 23.6 Å². The third kappa shape index (κ3) is 4.59. The van der Waals surface area contributed by atoms with Gasteiger partial charge in [0.1, 0.15) is 11.5 Å². The number of hydrogen-bond donors (Lipinski definition) is 2. The van der Waals surface area contributed by atoms with Crippen LogP contribution in [0.25, 0.3) is 0 Å². The first-order valence-corrected chi connectivity index (χ1v) is 7.41. The first kappa shape index (κ1) is 15.5. The van der Waals surface area contributed by atoms with Crippen molar-refractivity contribution in [2.24, 2.45) is 0 Å². The lowest BCUT2D eigenvalue weighted by Crippen LogP contribution is -2.12. The minimum atomic E-state index is 0.172. The van der Waals surface area contributed by atoms with Crippen LogP contribution in [0.3, 0.4) is 0 Å². The summed E-state index contributed by atoms with van der Waals surface area (Å²) in [6.45, 7) is 6.09. The van der Waals surface area contributed by atoms with Crippen molar-refractivity contribution < 1.29 is 9.84 Å². The molecule has 0 bridgehead atoms. The molecule has 2 aromatic rings. The maximum Gasteiger partial charge on any atom is 0.131 e. The summed E-state index contributed by atoms with van der Waals surface area (Å²) >= 11 is 0. The Hall–Kier alpha value is -1.84. The SMILES string of the molecule is CCNCc1cc(C)ccc1Oc1ccc(CCO)cc1. The Labute approximate surface area is 126 Å². The van der Waals surface area contributed by atoms with E-state index in [1.807, 2.05) is 30.3 Å². The van der Waals surface area contributed by atoms with Gasteiger partial charge >= 0.3 is 0 Å². The van der Waals surface area contributed by atoms with Crippen LogP contribution >= 0.6 is 0 Å². The Morgan fingerprint density at radius 3 is 2.52 bits per heavy atom. The van der Waals surface area contributed by atoms with Crippen molar-refractivity contribution in [2.75, 3.05) is 13.2 Å². The number of rotatable bonds is 7. The second kappa shape index (κ2) is 7.81. The van der Waals surface area contributed by atoms with Crippen molar-refractivity contribution in [1.29, 1.82) is 0 Å². The second-order valence-corrected chi connectivity index (χ2v) is 5.11. The van der Waals surface area contributed by atoms with Crippen LogP contribution in [-0.2, 0) is 13.0 Å². The van der Waals surface area contributed by atoms with Crippen molar-refractivity contribution in [2.45, 2.75) is 26.8 Å². The van der Waals surface area contributed by atoms with E-state index in [1.54, 1.807) is 0 Å². The molecule has 0 spiro atoms. The highest BCUT2D eigenvalue weighted by atomic mass is 16.5. The molecule has 0 aromatic heterocycles. The standard InChI is InChI=1S/C18H23NO2/c1-3-19-13-16-12-14(2)4-9-18(16)21-17-7-5-15(6-8-17)10-11-20/h4-9,12,19-20H,3,10-11,13H2,1-2H3. The highest BCUT2D eigenvalue weighted by Gasteiger charge is 2.05. The van der Waals surface area contributed by atoms with Gasteiger partial charge in [-0.3, -0.25) is 0 Å². The quantitative estimate of drug-likeness (QED) is 0.819. The monoisotopic (exact) mass is 285 g/mol. The fourth-order valence-corrected chi connectivity index (χ4v) is 2.19. The zero-order valence-corrected chi connectivity index (χ0v) is 12.7. The fourth-order valence-electron chi connectivity index (χ4n) is 2.19. The summed E-state index contributed by atoms with van der Waals surface area (Å²) in [5, 5.41) is 12.3. The Morgan fingerprint density at radius 2 is 1.86 bits per heavy atom. The normalized spacial score (nSPS) is 10.6. The topological polar surface area (TPSA) is 41.5 Å². The van der Waals surface area contributed by atoms with Crippen molar-refractivity contribution in [3.05, 3.63) is 59.2 Å². The molecule has 112 valence electrons. The van der Waals surface area contributed by atoms with Crippen LogP contribution in [0.4, 0.5) is 0 Å². The molecule has 2 aromatic carbocycles. The van der Waals surface area contributed by atoms with Crippen molar-refractivity contribution in [3.8, 4) is 11.5 Å². The Bertz CT molecular complexity index is 564. The van der Waals surface area contributed by atoms with Crippen LogP contribution in [0, 0.1) is 6.92 Å². The van der Waals surface area contributed by atoms with E-state index in [0.717, 1.165) is 35.7 Å². The molecule has 0 unspecified atom stereocenters. The van der Waals surface area contributed by atoms with E-state index in [9.17, 15) is 0 Å². The maximum atomic E-state index is 8.93. The molecule has 0 fully saturated rings. The summed E-state index contributed by atoms with van der Waals surface area (Å²) in [6, 6.07) is 14.1. The van der Waals surface area contributed by atoms with Gasteiger partial charge in [0, 0.05) is 18.7 Å². The summed E-state index contributed by atoms with van der Waals surface area (Å²) in [6.07, 6.45) is 0.677. The number of nitrogens with one attached hydrogen (secondary N) is 1. The third-order valence-corrected chi connectivity index (χ3v) is 3.33. The van der Waals surface area contributed by atoms with Crippen molar-refractivity contribution in [1.82, 2.24) is 5.32 Å². The van der Waals surface area contributed by atoms with Crippen LogP contribution in [0.2, 0.25) is 0 Å². The molecular formula is C18H23NO2. The molecule has 0 radical (unpaired) electrons. The fraction of sp³-hybridized carbons (Fsp3) is 0.333. The van der Waals surface area contributed by atoms with Gasteiger partial charge < -0.3 is 15.2 Å². The largest absolute Gasteiger partial charge is 0.457 e. The molecule has 2 rings (SSSR count). The number of aliphatic hydroxyl groups is 1. The van der Waals surface area contributed by atoms with Crippen LogP contribution in [-0.4, -0.2) is 18.3 Å². The zero-order valence-electron chi connectivity index (χ0n) is 12.7. The molecule has 3 heteroatoms. The van der Waals surface area contributed by atoms with Crippen molar-refractivity contribution >= 4 is 0 Å². The number of aryl methyl sites for hydroxylation is 1. The van der Waals surface area contributed by atoms with Gasteiger partial charge in [-0.05, 0) is 43.7 Å². The van der Waals surface area contributed by atoms with E-state index < -0.39 is 0 Å². The first-order chi connectivity index (χ1) is 10.2. The number of benzene rings is 2. The van der Waals surface area contributed by atoms with E-state index in [4.69, 9.17) is 9.84 Å². The highest BCUT2D eigenvalue weighted by molar-refractivity contribution is 5.40. The molecule has 0 aliphatic heterocycles. The van der Waals surface area contributed by atoms with Gasteiger partial charge in [0.25, 0.3) is 0 Å². The minimum Gasteiger partial charge on any atom is -0.457 e. The first-order valence-electron chi connectivity index (χ1n) is 7.41. The number of ether oxygens (including phenoxy) is 1. The van der Waals surface area contributed by atoms with Gasteiger partial charge in [0.05, 0.1) is 0 Å². The maximum absolute atomic E-state index is 8.93. The molecule has 0 aliphatic rings. The minimum absolute atomic E-state index is 0.172. The zero-order chi connectivity index (χ0) is 15.1. The molecule has 0 amide bonds. The lowest BCUT2D eigenvalue weighted by atomic mass is 10.1. The van der Waals surface area contributed by atoms with E-state index >= 15 is 0 Å². The number of aliphatic hydroxyl groups excluding tert-OH is 1. The lowest BCUT2D eigenvalue weighted by Gasteiger charge is -2.13. The Balaban J connectivity index is 2.14. The summed E-state index contributed by atoms with van der Waals surface area (Å²) in [4.78, 5) is 0. The van der Waals surface area contributed by atoms with Gasteiger partial charge in [-0.2, -0.15) is 0 Å². The third-order valence-electron chi connectivity index (χ3n) is 3.33. The second-order valence-electron chi connectivity index (χ2n) is 5.11. The Kier molecular flexibility index (Phi) is 5.78. The van der Waals surface area contributed by atoms with E-state index in [1.165, 1.54) is 5.56 Å². The lowest BCUT2D eigenvalue weighted by molar-refractivity contribution is 0.299. The summed E-state index contributed by atoms with van der Waals surface area (Å²) in [5.74, 6) is 1.70. The Morgan fingerprint density at radius 1 is 1.10 bits per heavy atom. The van der Waals surface area contributed by atoms with Gasteiger partial charge in [-0.25, -0.2) is 0 Å². The molecule has 2 N–H and O–H groups in total. The summed E-state index contributed by atoms with van der Waals surface area (Å²) in [5.41, 5.74) is 3.51. The molecular weight excluding hydrogens is 262 g/mol. The van der Waals surface area contributed by atoms with Gasteiger partial charge in [-0.15, -0.1) is 0 Å². The summed E-state index contributed by atoms with van der Waals surface area (Å²) < 4.78 is 5.99. The molecule has 0 saturated heterocycles. The highest BCUT2D eigenvalue weighted by Crippen LogP contribution is 2.26. The summed E-state index contributed by atoms with van der Waals surface area (Å²) in [7, 11) is 0. The van der Waals surface area contributed by atoms with E-state index in [0.29, 0.717) is 6.42 Å². The van der Waals surface area contributed by atoms with Crippen LogP contribution in [0.5, 0.6) is 11.5 Å². The molecule has 0 aliphatic carbocycles. The molecule has 0 atom stereocenters. The predicted octanol–water partition coefficient (Wildman–Crippen LogP) is 3.43. The smallest absolute Gasteiger partial charge is 0.131 e. The predicted molar refractivity (Wildman–Crippen MR) is 85.9 cm³/mol. The van der Waals surface area contributed by atoms with E-state index in [2.05, 4.69) is 31.3 Å². The average molecular weight is 285 g/mol. The van der Waals surface area contributed by atoms with Gasteiger partial charge in [0.15, 0.2) is 0 Å². The molecule has 21 heavy (non-hydrogen) atoms. The molecule has 0 saturated carbocycles. The van der Waals surface area contributed by atoms with Crippen LogP contribution < -0.4 is 10.1 Å². The van der Waals surface area contributed by atoms with Gasteiger partial charge in [-0.1, -0.05) is 36.8 Å².